The van der Waals surface area contributed by atoms with Crippen LogP contribution in [0.1, 0.15) is 24.2 Å². The van der Waals surface area contributed by atoms with Gasteiger partial charge in [0, 0.05) is 0 Å². The molecule has 2 N–H and O–H groups in total. The lowest BCUT2D eigenvalue weighted by Crippen LogP contribution is -2.39. The fourth-order valence-electron chi connectivity index (χ4n) is 1.93. The summed E-state index contributed by atoms with van der Waals surface area (Å²) >= 11 is 6.29. The van der Waals surface area contributed by atoms with E-state index in [0.29, 0.717) is 0 Å². The number of nitrogens with one attached hydrogen (secondary N) is 2. The minimum atomic E-state index is -0.755. The summed E-state index contributed by atoms with van der Waals surface area (Å²) in [5.74, 6) is -1.34. The van der Waals surface area contributed by atoms with E-state index in [4.69, 9.17) is 16.5 Å². The number of nitro groups is 1. The summed E-state index contributed by atoms with van der Waals surface area (Å²) in [4.78, 5) is 40.8. The monoisotopic (exact) mass is 398 g/mol. The molecule has 26 heavy (non-hydrogen) atoms. The van der Waals surface area contributed by atoms with Crippen molar-refractivity contribution in [2.75, 3.05) is 5.32 Å². The SMILES string of the molecule is CC(C)[C@H](NCl)C(=O)Oc1ccccc1C(=O)Nc1ncc([N+](=O)[O-])s1. The van der Waals surface area contributed by atoms with Crippen molar-refractivity contribution in [3.63, 3.8) is 0 Å². The van der Waals surface area contributed by atoms with Crippen molar-refractivity contribution in [2.24, 2.45) is 5.92 Å². The van der Waals surface area contributed by atoms with Gasteiger partial charge < -0.3 is 4.74 Å². The predicted octanol–water partition coefficient (Wildman–Crippen LogP) is 2.98. The second-order valence-electron chi connectivity index (χ2n) is 5.46. The number of carbonyl (C=O) groups excluding carboxylic acids is 2. The molecule has 0 saturated carbocycles. The van der Waals surface area contributed by atoms with Crippen LogP contribution in [0.3, 0.4) is 0 Å². The van der Waals surface area contributed by atoms with Crippen LogP contribution in [0.5, 0.6) is 5.75 Å². The number of rotatable bonds is 7. The van der Waals surface area contributed by atoms with Gasteiger partial charge in [0.25, 0.3) is 5.91 Å². The number of thiazole rings is 1. The fraction of sp³-hybridized carbons (Fsp3) is 0.267. The molecule has 1 heterocycles. The molecule has 9 nitrogen and oxygen atoms in total. The first-order valence-electron chi connectivity index (χ1n) is 7.42. The van der Waals surface area contributed by atoms with Crippen LogP contribution in [-0.4, -0.2) is 27.8 Å². The van der Waals surface area contributed by atoms with Crippen LogP contribution in [0.15, 0.2) is 30.5 Å². The molecule has 0 aliphatic heterocycles. The van der Waals surface area contributed by atoms with E-state index in [1.807, 2.05) is 0 Å². The minimum absolute atomic E-state index is 0.0404. The quantitative estimate of drug-likeness (QED) is 0.241. The summed E-state index contributed by atoms with van der Waals surface area (Å²) in [5, 5.41) is 13.0. The lowest BCUT2D eigenvalue weighted by Gasteiger charge is -2.18. The predicted molar refractivity (Wildman–Crippen MR) is 96.4 cm³/mol. The molecule has 2 aromatic rings. The first-order valence-corrected chi connectivity index (χ1v) is 8.61. The molecule has 1 aromatic heterocycles. The highest BCUT2D eigenvalue weighted by molar-refractivity contribution is 7.18. The zero-order chi connectivity index (χ0) is 19.3. The van der Waals surface area contributed by atoms with E-state index in [9.17, 15) is 19.7 Å². The van der Waals surface area contributed by atoms with Gasteiger partial charge in [0.15, 0.2) is 5.13 Å². The summed E-state index contributed by atoms with van der Waals surface area (Å²) in [6.45, 7) is 3.57. The Morgan fingerprint density at radius 2 is 2.04 bits per heavy atom. The summed E-state index contributed by atoms with van der Waals surface area (Å²) in [6, 6.07) is 5.36. The van der Waals surface area contributed by atoms with Gasteiger partial charge in [-0.05, 0) is 41.2 Å². The normalized spacial score (nSPS) is 11.8. The van der Waals surface area contributed by atoms with Crippen molar-refractivity contribution in [1.29, 1.82) is 0 Å². The third kappa shape index (κ3) is 4.75. The second-order valence-corrected chi connectivity index (χ2v) is 6.69. The first-order chi connectivity index (χ1) is 12.3. The molecule has 0 bridgehead atoms. The zero-order valence-electron chi connectivity index (χ0n) is 13.8. The van der Waals surface area contributed by atoms with Crippen molar-refractivity contribution in [3.05, 3.63) is 46.1 Å². The number of anilines is 1. The lowest BCUT2D eigenvalue weighted by atomic mass is 10.1. The number of halogens is 1. The summed E-state index contributed by atoms with van der Waals surface area (Å²) < 4.78 is 5.29. The Balaban J connectivity index is 2.18. The second kappa shape index (κ2) is 8.70. The van der Waals surface area contributed by atoms with Gasteiger partial charge >= 0.3 is 11.0 Å². The Kier molecular flexibility index (Phi) is 6.61. The molecule has 0 aliphatic rings. The van der Waals surface area contributed by atoms with Gasteiger partial charge in [-0.25, -0.2) is 14.6 Å². The maximum atomic E-state index is 12.4. The summed E-state index contributed by atoms with van der Waals surface area (Å²) in [6.07, 6.45) is 1.05. The molecule has 0 saturated heterocycles. The molecule has 0 fully saturated rings. The molecule has 1 atom stereocenters. The molecule has 11 heteroatoms. The average molecular weight is 399 g/mol. The van der Waals surface area contributed by atoms with Crippen LogP contribution in [0.25, 0.3) is 0 Å². The smallest absolute Gasteiger partial charge is 0.345 e. The highest BCUT2D eigenvalue weighted by Crippen LogP contribution is 2.27. The summed E-state index contributed by atoms with van der Waals surface area (Å²) in [5.41, 5.74) is 0.0794. The van der Waals surface area contributed by atoms with Crippen LogP contribution < -0.4 is 14.9 Å². The number of benzene rings is 1. The Labute approximate surface area is 157 Å². The van der Waals surface area contributed by atoms with E-state index in [0.717, 1.165) is 17.5 Å². The number of esters is 1. The molecular formula is C15H15ClN4O5S. The number of para-hydroxylation sites is 1. The van der Waals surface area contributed by atoms with E-state index in [1.54, 1.807) is 26.0 Å². The van der Waals surface area contributed by atoms with E-state index < -0.39 is 22.8 Å². The van der Waals surface area contributed by atoms with Crippen LogP contribution in [-0.2, 0) is 4.79 Å². The van der Waals surface area contributed by atoms with E-state index in [2.05, 4.69) is 15.1 Å². The van der Waals surface area contributed by atoms with Gasteiger partial charge in [0.05, 0.1) is 10.5 Å². The topological polar surface area (TPSA) is 123 Å². The van der Waals surface area contributed by atoms with Crippen molar-refractivity contribution in [3.8, 4) is 5.75 Å². The third-order valence-electron chi connectivity index (χ3n) is 3.27. The number of nitrogens with zero attached hydrogens (tertiary/aromatic N) is 2. The van der Waals surface area contributed by atoms with Crippen LogP contribution in [0.4, 0.5) is 10.1 Å². The Bertz CT molecular complexity index is 826. The van der Waals surface area contributed by atoms with Gasteiger partial charge in [-0.3, -0.25) is 20.2 Å². The van der Waals surface area contributed by atoms with E-state index in [-0.39, 0.29) is 27.4 Å². The fourth-order valence-corrected chi connectivity index (χ4v) is 2.90. The highest BCUT2D eigenvalue weighted by atomic mass is 35.5. The lowest BCUT2D eigenvalue weighted by molar-refractivity contribution is -0.380. The van der Waals surface area contributed by atoms with Crippen LogP contribution in [0, 0.1) is 16.0 Å². The van der Waals surface area contributed by atoms with Gasteiger partial charge in [0.2, 0.25) is 0 Å². The average Bonchev–Trinajstić information content (AvgIpc) is 3.04. The third-order valence-corrected chi connectivity index (χ3v) is 4.37. The van der Waals surface area contributed by atoms with Gasteiger partial charge in [-0.1, -0.05) is 26.0 Å². The Hall–Kier alpha value is -2.56. The van der Waals surface area contributed by atoms with E-state index in [1.165, 1.54) is 12.1 Å². The zero-order valence-corrected chi connectivity index (χ0v) is 15.3. The molecule has 0 spiro atoms. The molecule has 138 valence electrons. The van der Waals surface area contributed by atoms with Crippen LogP contribution in [0.2, 0.25) is 0 Å². The minimum Gasteiger partial charge on any atom is -0.424 e. The molecule has 2 rings (SSSR count). The molecule has 1 aromatic carbocycles. The molecule has 0 unspecified atom stereocenters. The number of aromatic nitrogens is 1. The number of hydrogen-bond acceptors (Lipinski definition) is 8. The Morgan fingerprint density at radius 1 is 1.35 bits per heavy atom. The van der Waals surface area contributed by atoms with E-state index >= 15 is 0 Å². The number of ether oxygens (including phenoxy) is 1. The molecule has 1 amide bonds. The van der Waals surface area contributed by atoms with Crippen molar-refractivity contribution < 1.29 is 19.2 Å². The molecule has 0 aliphatic carbocycles. The van der Waals surface area contributed by atoms with Crippen molar-refractivity contribution in [1.82, 2.24) is 9.82 Å². The maximum Gasteiger partial charge on any atom is 0.345 e. The first kappa shape index (κ1) is 19.8. The largest absolute Gasteiger partial charge is 0.424 e. The highest BCUT2D eigenvalue weighted by Gasteiger charge is 2.25. The van der Waals surface area contributed by atoms with Crippen molar-refractivity contribution in [2.45, 2.75) is 19.9 Å². The molecule has 0 radical (unpaired) electrons. The van der Waals surface area contributed by atoms with Crippen LogP contribution >= 0.6 is 23.1 Å². The maximum absolute atomic E-state index is 12.4. The standard InChI is InChI=1S/C15H15ClN4O5S/c1-8(2)12(19-16)14(22)25-10-6-4-3-5-9(10)13(21)18-15-17-7-11(26-15)20(23)24/h3-8,12,19H,1-2H3,(H,17,18,21)/t12-/m0/s1. The molecular weight excluding hydrogens is 384 g/mol. The van der Waals surface area contributed by atoms with Gasteiger partial charge in [-0.2, -0.15) is 0 Å². The van der Waals surface area contributed by atoms with Gasteiger partial charge in [0.1, 0.15) is 18.0 Å². The summed E-state index contributed by atoms with van der Waals surface area (Å²) in [7, 11) is 0. The van der Waals surface area contributed by atoms with Crippen molar-refractivity contribution >= 4 is 45.1 Å². The number of hydrogen-bond donors (Lipinski definition) is 2. The van der Waals surface area contributed by atoms with Gasteiger partial charge in [-0.15, -0.1) is 0 Å². The Morgan fingerprint density at radius 3 is 2.62 bits per heavy atom. The number of amides is 1. The number of carbonyl (C=O) groups is 2.